The maximum absolute atomic E-state index is 5.95. The average Bonchev–Trinajstić information content (AvgIpc) is 1.52. The van der Waals surface area contributed by atoms with E-state index in [1.807, 2.05) is 12.4 Å². The Bertz CT molecular complexity index is 5530. The molecule has 0 N–H and O–H groups in total. The summed E-state index contributed by atoms with van der Waals surface area (Å²) in [7, 11) is 0. The molecule has 1 unspecified atom stereocenters. The minimum atomic E-state index is -0.491. The number of fused-ring (bicyclic) bond motifs is 22. The van der Waals surface area contributed by atoms with Gasteiger partial charge in [0.15, 0.2) is 5.82 Å². The van der Waals surface area contributed by atoms with Gasteiger partial charge in [0.2, 0.25) is 0 Å². The van der Waals surface area contributed by atoms with Gasteiger partial charge in [-0.15, -0.1) is 0 Å². The largest absolute Gasteiger partial charge is 0.256 e. The van der Waals surface area contributed by atoms with Crippen LogP contribution in [0.3, 0.4) is 0 Å². The van der Waals surface area contributed by atoms with E-state index >= 15 is 0 Å². The lowest BCUT2D eigenvalue weighted by atomic mass is 9.68. The highest BCUT2D eigenvalue weighted by Gasteiger charge is 2.55. The Morgan fingerprint density at radius 3 is 1.61 bits per heavy atom. The van der Waals surface area contributed by atoms with E-state index in [2.05, 4.69) is 273 Å². The molecule has 7 aliphatic carbocycles. The minimum Gasteiger partial charge on any atom is -0.256 e. The maximum atomic E-state index is 5.95. The Hall–Kier alpha value is -11.2. The number of benzene rings is 10. The second-order valence-corrected chi connectivity index (χ2v) is 25.9. The number of pyridine rings is 2. The SMILES string of the molecule is C1=CC2=C(CC1)c1ccc(-c3cc(C4C=C5C(=CC4)c4ccccc4C54c5ccccc5-c5ccccc54)c4nc(C5=CC=C(c6ccnc7ccccc67)CC5)nc(-c5ccc(-c6ccnc7ccccc67)cc5)c4c3)cc1C21c2ccccc2-c2ccccc21. The first-order chi connectivity index (χ1) is 45.6. The van der Waals surface area contributed by atoms with Crippen LogP contribution in [0.1, 0.15) is 99.5 Å². The summed E-state index contributed by atoms with van der Waals surface area (Å²) in [6, 6.07) is 88.7. The Labute approximate surface area is 534 Å². The highest BCUT2D eigenvalue weighted by Crippen LogP contribution is 2.66. The zero-order valence-electron chi connectivity index (χ0n) is 50.5. The summed E-state index contributed by atoms with van der Waals surface area (Å²) in [5.74, 6) is 0.729. The van der Waals surface area contributed by atoms with Crippen molar-refractivity contribution >= 4 is 55.0 Å². The van der Waals surface area contributed by atoms with Crippen molar-refractivity contribution in [2.45, 2.75) is 48.9 Å². The summed E-state index contributed by atoms with van der Waals surface area (Å²) in [4.78, 5) is 21.3. The lowest BCUT2D eigenvalue weighted by Crippen LogP contribution is -2.27. The molecule has 92 heavy (non-hydrogen) atoms. The van der Waals surface area contributed by atoms with E-state index < -0.39 is 10.8 Å². The van der Waals surface area contributed by atoms with Crippen molar-refractivity contribution in [1.82, 2.24) is 19.9 Å². The third-order valence-corrected chi connectivity index (χ3v) is 21.6. The van der Waals surface area contributed by atoms with Crippen LogP contribution in [0, 0.1) is 0 Å². The third-order valence-electron chi connectivity index (χ3n) is 21.6. The number of para-hydroxylation sites is 2. The monoisotopic (exact) mass is 1170 g/mol. The zero-order chi connectivity index (χ0) is 60.2. The molecule has 4 heteroatoms. The van der Waals surface area contributed by atoms with Gasteiger partial charge in [-0.1, -0.05) is 231 Å². The molecular formula is C88H58N4. The second-order valence-electron chi connectivity index (χ2n) is 25.9. The molecule has 3 heterocycles. The highest BCUT2D eigenvalue weighted by atomic mass is 14.9. The van der Waals surface area contributed by atoms with Crippen molar-refractivity contribution < 1.29 is 0 Å². The summed E-state index contributed by atoms with van der Waals surface area (Å²) < 4.78 is 0. The fourth-order valence-corrected chi connectivity index (χ4v) is 17.7. The van der Waals surface area contributed by atoms with Crippen LogP contribution in [-0.2, 0) is 10.8 Å². The summed E-state index contributed by atoms with van der Waals surface area (Å²) in [6.45, 7) is 0. The lowest BCUT2D eigenvalue weighted by molar-refractivity contribution is 0.760. The minimum absolute atomic E-state index is 0.0412. The number of rotatable bonds is 6. The smallest absolute Gasteiger partial charge is 0.156 e. The molecule has 20 rings (SSSR count). The van der Waals surface area contributed by atoms with Gasteiger partial charge < -0.3 is 0 Å². The van der Waals surface area contributed by atoms with Crippen LogP contribution < -0.4 is 0 Å². The zero-order valence-corrected chi connectivity index (χ0v) is 50.5. The summed E-state index contributed by atoms with van der Waals surface area (Å²) in [5, 5.41) is 3.35. The molecule has 0 bridgehead atoms. The van der Waals surface area contributed by atoms with Crippen LogP contribution in [0.15, 0.2) is 297 Å². The van der Waals surface area contributed by atoms with Gasteiger partial charge in [-0.2, -0.15) is 0 Å². The van der Waals surface area contributed by atoms with E-state index in [1.54, 1.807) is 0 Å². The maximum Gasteiger partial charge on any atom is 0.156 e. The van der Waals surface area contributed by atoms with E-state index in [4.69, 9.17) is 19.9 Å². The molecule has 3 aromatic heterocycles. The first-order valence-electron chi connectivity index (χ1n) is 32.6. The van der Waals surface area contributed by atoms with E-state index in [0.29, 0.717) is 0 Å². The van der Waals surface area contributed by atoms with E-state index in [-0.39, 0.29) is 5.92 Å². The normalized spacial score (nSPS) is 17.2. The molecule has 0 radical (unpaired) electrons. The van der Waals surface area contributed by atoms with Gasteiger partial charge in [0.1, 0.15) is 0 Å². The fourth-order valence-electron chi connectivity index (χ4n) is 17.7. The van der Waals surface area contributed by atoms with Crippen LogP contribution in [-0.4, -0.2) is 19.9 Å². The molecule has 4 nitrogen and oxygen atoms in total. The molecule has 0 saturated heterocycles. The number of allylic oxidation sites excluding steroid dienone is 12. The van der Waals surface area contributed by atoms with Crippen molar-refractivity contribution in [3.63, 3.8) is 0 Å². The van der Waals surface area contributed by atoms with Crippen molar-refractivity contribution in [2.75, 3.05) is 0 Å². The summed E-state index contributed by atoms with van der Waals surface area (Å²) >= 11 is 0. The third kappa shape index (κ3) is 7.12. The van der Waals surface area contributed by atoms with Gasteiger partial charge in [-0.05, 0) is 208 Å². The summed E-state index contributed by atoms with van der Waals surface area (Å²) in [5.41, 5.74) is 35.2. The number of hydrogen-bond donors (Lipinski definition) is 0. The van der Waals surface area contributed by atoms with E-state index in [1.165, 1.54) is 117 Å². The van der Waals surface area contributed by atoms with Crippen molar-refractivity contribution in [2.24, 2.45) is 0 Å². The Balaban J connectivity index is 0.843. The predicted molar refractivity (Wildman–Crippen MR) is 377 cm³/mol. The standard InChI is InChI=1S/C88H58N4/c1-9-25-74-62(17-1)63-18-2-10-26-75(63)87(74)78-29-13-5-21-66(78)68-43-41-57(51-80(68)87)59-49-72(58-42-44-69-67-22-6-14-30-79(67)88(81(69)52-58)76-27-11-3-19-64(76)65-20-4-12-28-77(65)88)85-73(50-59)84(55-37-33-53(34-38-55)60-45-47-89-82-31-15-7-23-70(60)82)91-86(92-85)56-39-35-54(36-40-56)61-46-48-90-83-32-16-8-24-71(61)83/h1-4,6-20,22-35,37-39,41,43-52,58H,5,21,36,40,42H2. The van der Waals surface area contributed by atoms with E-state index in [9.17, 15) is 0 Å². The Morgan fingerprint density at radius 2 is 0.946 bits per heavy atom. The molecule has 0 amide bonds. The van der Waals surface area contributed by atoms with Crippen LogP contribution in [0.2, 0.25) is 0 Å². The van der Waals surface area contributed by atoms with Crippen LogP contribution in [0.4, 0.5) is 0 Å². The first kappa shape index (κ1) is 51.7. The topological polar surface area (TPSA) is 51.6 Å². The number of nitrogens with zero attached hydrogens (tertiary/aromatic N) is 4. The lowest BCUT2D eigenvalue weighted by Gasteiger charge is -2.33. The first-order valence-corrected chi connectivity index (χ1v) is 32.6. The van der Waals surface area contributed by atoms with Gasteiger partial charge in [0.05, 0.1) is 33.1 Å². The van der Waals surface area contributed by atoms with Gasteiger partial charge >= 0.3 is 0 Å². The van der Waals surface area contributed by atoms with Gasteiger partial charge in [-0.3, -0.25) is 9.97 Å². The molecule has 13 aromatic rings. The predicted octanol–water partition coefficient (Wildman–Crippen LogP) is 21.2. The van der Waals surface area contributed by atoms with E-state index in [0.717, 1.165) is 98.8 Å². The number of hydrogen-bond acceptors (Lipinski definition) is 4. The molecule has 430 valence electrons. The fraction of sp³-hybridized carbons (Fsp3) is 0.0909. The molecule has 1 atom stereocenters. The molecule has 10 aromatic carbocycles. The summed E-state index contributed by atoms with van der Waals surface area (Å²) in [6.07, 6.45) is 23.1. The molecular weight excluding hydrogens is 1110 g/mol. The van der Waals surface area contributed by atoms with Crippen molar-refractivity contribution in [1.29, 1.82) is 0 Å². The Kier molecular flexibility index (Phi) is 11.0. The van der Waals surface area contributed by atoms with Gasteiger partial charge in [0.25, 0.3) is 0 Å². The van der Waals surface area contributed by atoms with Crippen molar-refractivity contribution in [3.05, 3.63) is 358 Å². The second kappa shape index (κ2) is 19.6. The quantitative estimate of drug-likeness (QED) is 0.166. The molecule has 7 aliphatic rings. The molecule has 0 saturated carbocycles. The molecule has 0 aliphatic heterocycles. The van der Waals surface area contributed by atoms with Crippen LogP contribution in [0.5, 0.6) is 0 Å². The van der Waals surface area contributed by atoms with Crippen LogP contribution >= 0.6 is 0 Å². The molecule has 0 fully saturated rings. The number of aromatic nitrogens is 4. The van der Waals surface area contributed by atoms with Crippen LogP contribution in [0.25, 0.3) is 111 Å². The Morgan fingerprint density at radius 1 is 0.391 bits per heavy atom. The molecule has 2 spiro atoms. The van der Waals surface area contributed by atoms with Gasteiger partial charge in [0, 0.05) is 40.0 Å². The average molecular weight is 1170 g/mol. The highest BCUT2D eigenvalue weighted by molar-refractivity contribution is 6.04. The van der Waals surface area contributed by atoms with Gasteiger partial charge in [-0.25, -0.2) is 9.97 Å². The van der Waals surface area contributed by atoms with Crippen molar-refractivity contribution in [3.8, 4) is 55.8 Å².